The zero-order valence-corrected chi connectivity index (χ0v) is 11.0. The van der Waals surface area contributed by atoms with E-state index >= 15 is 0 Å². The van der Waals surface area contributed by atoms with Crippen LogP contribution in [0.4, 0.5) is 0 Å². The van der Waals surface area contributed by atoms with Gasteiger partial charge in [0.1, 0.15) is 0 Å². The Morgan fingerprint density at radius 1 is 0.944 bits per heavy atom. The van der Waals surface area contributed by atoms with Crippen LogP contribution < -0.4 is 11.3 Å². The molecule has 6 heteroatoms. The van der Waals surface area contributed by atoms with Crippen molar-refractivity contribution >= 4 is 5.91 Å². The van der Waals surface area contributed by atoms with Gasteiger partial charge in [-0.1, -0.05) is 38.5 Å². The van der Waals surface area contributed by atoms with Crippen LogP contribution in [0, 0.1) is 10.1 Å². The van der Waals surface area contributed by atoms with Crippen LogP contribution in [0.25, 0.3) is 0 Å². The molecule has 6 nitrogen and oxygen atoms in total. The number of hydrogen-bond donors (Lipinski definition) is 2. The summed E-state index contributed by atoms with van der Waals surface area (Å²) in [7, 11) is 0. The highest BCUT2D eigenvalue weighted by molar-refractivity contribution is 5.74. The van der Waals surface area contributed by atoms with Crippen molar-refractivity contribution < 1.29 is 9.72 Å². The molecule has 0 saturated carbocycles. The third-order valence-corrected chi connectivity index (χ3v) is 2.91. The molecule has 0 spiro atoms. The number of rotatable bonds is 12. The Kier molecular flexibility index (Phi) is 11.5. The lowest BCUT2D eigenvalue weighted by atomic mass is 10.1. The maximum atomic E-state index is 10.8. The maximum absolute atomic E-state index is 10.8. The molecule has 0 unspecified atom stereocenters. The van der Waals surface area contributed by atoms with Gasteiger partial charge >= 0.3 is 0 Å². The lowest BCUT2D eigenvalue weighted by Gasteiger charge is -2.01. The van der Waals surface area contributed by atoms with Gasteiger partial charge in [0.05, 0.1) is 0 Å². The van der Waals surface area contributed by atoms with E-state index in [9.17, 15) is 14.9 Å². The second-order valence-electron chi connectivity index (χ2n) is 4.56. The number of amides is 1. The standard InChI is InChI=1S/C12H25N3O3/c13-14-12(16)10-8-6-4-2-1-3-5-7-9-11-15(17)18/h1-11,13H2,(H,14,16). The SMILES string of the molecule is NNC(=O)CCCCCCCCCCC[N+](=O)[O-]. The maximum Gasteiger partial charge on any atom is 0.233 e. The molecule has 0 saturated heterocycles. The highest BCUT2D eigenvalue weighted by atomic mass is 16.6. The molecule has 0 bridgehead atoms. The van der Waals surface area contributed by atoms with Crippen molar-refractivity contribution in [3.63, 3.8) is 0 Å². The molecule has 0 heterocycles. The van der Waals surface area contributed by atoms with Gasteiger partial charge in [-0.25, -0.2) is 5.84 Å². The quantitative estimate of drug-likeness (QED) is 0.184. The molecule has 1 amide bonds. The Bertz CT molecular complexity index is 235. The van der Waals surface area contributed by atoms with Crippen molar-refractivity contribution in [2.75, 3.05) is 6.54 Å². The van der Waals surface area contributed by atoms with Crippen molar-refractivity contribution in [1.82, 2.24) is 5.43 Å². The summed E-state index contributed by atoms with van der Waals surface area (Å²) in [5.74, 6) is 4.87. The van der Waals surface area contributed by atoms with Crippen molar-refractivity contribution in [2.45, 2.75) is 64.2 Å². The molecule has 106 valence electrons. The first-order chi connectivity index (χ1) is 8.66. The van der Waals surface area contributed by atoms with Crippen LogP contribution in [0.1, 0.15) is 64.2 Å². The lowest BCUT2D eigenvalue weighted by Crippen LogP contribution is -2.29. The molecule has 0 rings (SSSR count). The number of carbonyl (C=O) groups excluding carboxylic acids is 1. The average molecular weight is 259 g/mol. The number of nitrogens with two attached hydrogens (primary N) is 1. The van der Waals surface area contributed by atoms with Crippen LogP contribution in [-0.2, 0) is 4.79 Å². The van der Waals surface area contributed by atoms with Gasteiger partial charge in [0.15, 0.2) is 0 Å². The first-order valence-corrected chi connectivity index (χ1v) is 6.78. The summed E-state index contributed by atoms with van der Waals surface area (Å²) in [6.07, 6.45) is 9.87. The fraction of sp³-hybridized carbons (Fsp3) is 0.917. The van der Waals surface area contributed by atoms with Gasteiger partial charge in [0.2, 0.25) is 12.5 Å². The minimum absolute atomic E-state index is 0.0965. The zero-order chi connectivity index (χ0) is 13.6. The largest absolute Gasteiger partial charge is 0.294 e. The molecule has 0 aliphatic rings. The van der Waals surface area contributed by atoms with Gasteiger partial charge in [0.25, 0.3) is 0 Å². The van der Waals surface area contributed by atoms with Gasteiger partial charge in [0, 0.05) is 17.8 Å². The fourth-order valence-corrected chi connectivity index (χ4v) is 1.84. The first-order valence-electron chi connectivity index (χ1n) is 6.78. The minimum atomic E-state index is -0.252. The number of unbranched alkanes of at least 4 members (excludes halogenated alkanes) is 8. The number of carbonyl (C=O) groups is 1. The zero-order valence-electron chi connectivity index (χ0n) is 11.0. The molecule has 0 aromatic rings. The highest BCUT2D eigenvalue weighted by Crippen LogP contribution is 2.10. The number of nitro groups is 1. The van der Waals surface area contributed by atoms with Gasteiger partial charge in [-0.15, -0.1) is 0 Å². The van der Waals surface area contributed by atoms with Crippen molar-refractivity contribution in [3.05, 3.63) is 10.1 Å². The number of hydrogen-bond acceptors (Lipinski definition) is 4. The summed E-state index contributed by atoms with van der Waals surface area (Å²) in [5.41, 5.74) is 2.12. The summed E-state index contributed by atoms with van der Waals surface area (Å²) in [5, 5.41) is 10.1. The normalized spacial score (nSPS) is 10.3. The van der Waals surface area contributed by atoms with E-state index in [0.29, 0.717) is 12.8 Å². The summed E-state index contributed by atoms with van der Waals surface area (Å²) >= 11 is 0. The molecule has 0 aliphatic heterocycles. The topological polar surface area (TPSA) is 98.3 Å². The molecule has 0 fully saturated rings. The molecule has 3 N–H and O–H groups in total. The van der Waals surface area contributed by atoms with E-state index < -0.39 is 0 Å². The van der Waals surface area contributed by atoms with Crippen LogP contribution >= 0.6 is 0 Å². The molecule has 0 aromatic heterocycles. The molecule has 18 heavy (non-hydrogen) atoms. The molecule has 0 aliphatic carbocycles. The molecular formula is C12H25N3O3. The van der Waals surface area contributed by atoms with Crippen LogP contribution in [0.15, 0.2) is 0 Å². The van der Waals surface area contributed by atoms with E-state index in [-0.39, 0.29) is 17.4 Å². The number of hydrazine groups is 1. The van der Waals surface area contributed by atoms with Gasteiger partial charge in [-0.3, -0.25) is 20.3 Å². The van der Waals surface area contributed by atoms with Gasteiger partial charge < -0.3 is 0 Å². The third-order valence-electron chi connectivity index (χ3n) is 2.91. The monoisotopic (exact) mass is 259 g/mol. The second-order valence-corrected chi connectivity index (χ2v) is 4.56. The Hall–Kier alpha value is -1.17. The molecule has 0 radical (unpaired) electrons. The molecule has 0 atom stereocenters. The summed E-state index contributed by atoms with van der Waals surface area (Å²) < 4.78 is 0. The predicted octanol–water partition coefficient (Wildman–Crippen LogP) is 2.15. The smallest absolute Gasteiger partial charge is 0.233 e. The van der Waals surface area contributed by atoms with Crippen LogP contribution in [0.5, 0.6) is 0 Å². The van der Waals surface area contributed by atoms with E-state index in [1.54, 1.807) is 0 Å². The fourth-order valence-electron chi connectivity index (χ4n) is 1.84. The van der Waals surface area contributed by atoms with Crippen LogP contribution in [0.2, 0.25) is 0 Å². The minimum Gasteiger partial charge on any atom is -0.294 e. The first kappa shape index (κ1) is 16.8. The number of nitrogens with zero attached hydrogens (tertiary/aromatic N) is 1. The van der Waals surface area contributed by atoms with Crippen molar-refractivity contribution in [1.29, 1.82) is 0 Å². The Labute approximate surface area is 108 Å². The Morgan fingerprint density at radius 3 is 1.83 bits per heavy atom. The predicted molar refractivity (Wildman–Crippen MR) is 70.4 cm³/mol. The Morgan fingerprint density at radius 2 is 1.39 bits per heavy atom. The number of nitrogens with one attached hydrogen (secondary N) is 1. The van der Waals surface area contributed by atoms with E-state index in [0.717, 1.165) is 38.5 Å². The van der Waals surface area contributed by atoms with Crippen molar-refractivity contribution in [2.24, 2.45) is 5.84 Å². The van der Waals surface area contributed by atoms with Crippen LogP contribution in [0.3, 0.4) is 0 Å². The molecule has 0 aromatic carbocycles. The van der Waals surface area contributed by atoms with Gasteiger partial charge in [-0.2, -0.15) is 0 Å². The highest BCUT2D eigenvalue weighted by Gasteiger charge is 1.98. The second kappa shape index (κ2) is 12.3. The van der Waals surface area contributed by atoms with E-state index in [1.807, 2.05) is 0 Å². The van der Waals surface area contributed by atoms with Gasteiger partial charge in [-0.05, 0) is 12.8 Å². The van der Waals surface area contributed by atoms with E-state index in [1.165, 1.54) is 12.8 Å². The summed E-state index contributed by atoms with van der Waals surface area (Å²) in [6, 6.07) is 0. The lowest BCUT2D eigenvalue weighted by molar-refractivity contribution is -0.480. The molecular weight excluding hydrogens is 234 g/mol. The third kappa shape index (κ3) is 12.9. The van der Waals surface area contributed by atoms with E-state index in [2.05, 4.69) is 5.43 Å². The van der Waals surface area contributed by atoms with E-state index in [4.69, 9.17) is 5.84 Å². The van der Waals surface area contributed by atoms with Crippen molar-refractivity contribution in [3.8, 4) is 0 Å². The summed E-state index contributed by atoms with van der Waals surface area (Å²) in [4.78, 5) is 20.6. The average Bonchev–Trinajstić information content (AvgIpc) is 2.35. The van der Waals surface area contributed by atoms with Crippen LogP contribution in [-0.4, -0.2) is 17.4 Å². The summed E-state index contributed by atoms with van der Waals surface area (Å²) in [6.45, 7) is 0.100. The Balaban J connectivity index is 3.03.